The van der Waals surface area contributed by atoms with Crippen LogP contribution >= 0.6 is 12.2 Å². The maximum Gasteiger partial charge on any atom is 0.413 e. The highest BCUT2D eigenvalue weighted by Crippen LogP contribution is 2.31. The van der Waals surface area contributed by atoms with Crippen LogP contribution < -0.4 is 5.32 Å². The molecule has 0 aromatic heterocycles. The minimum Gasteiger partial charge on any atom is -0.453 e. The zero-order valence-electron chi connectivity index (χ0n) is 10.3. The summed E-state index contributed by atoms with van der Waals surface area (Å²) in [5.74, 6) is 0.526. The lowest BCUT2D eigenvalue weighted by Gasteiger charge is -2.35. The van der Waals surface area contributed by atoms with Crippen LogP contribution in [0.3, 0.4) is 0 Å². The lowest BCUT2D eigenvalue weighted by molar-refractivity contribution is -0.133. The van der Waals surface area contributed by atoms with Crippen molar-refractivity contribution in [2.45, 2.75) is 12.8 Å². The minimum atomic E-state index is -0.559. The van der Waals surface area contributed by atoms with E-state index in [-0.39, 0.29) is 11.8 Å². The van der Waals surface area contributed by atoms with Crippen molar-refractivity contribution in [3.63, 3.8) is 0 Å². The number of hydrogen-bond donors (Lipinski definition) is 1. The Hall–Kier alpha value is -1.37. The maximum absolute atomic E-state index is 11.8. The van der Waals surface area contributed by atoms with Crippen molar-refractivity contribution in [3.8, 4) is 0 Å². The van der Waals surface area contributed by atoms with E-state index in [2.05, 4.69) is 10.1 Å². The summed E-state index contributed by atoms with van der Waals surface area (Å²) in [6, 6.07) is 0. The Kier molecular flexibility index (Phi) is 4.00. The number of rotatable bonds is 1. The number of carbonyl (C=O) groups excluding carboxylic acids is 2. The molecule has 1 aliphatic heterocycles. The van der Waals surface area contributed by atoms with Crippen molar-refractivity contribution < 1.29 is 14.3 Å². The van der Waals surface area contributed by atoms with Gasteiger partial charge in [0.05, 0.1) is 7.11 Å². The van der Waals surface area contributed by atoms with Gasteiger partial charge >= 0.3 is 6.09 Å². The summed E-state index contributed by atoms with van der Waals surface area (Å²) in [5.41, 5.74) is 0. The number of carbonyl (C=O) groups is 2. The Labute approximate surface area is 111 Å². The molecule has 1 heterocycles. The van der Waals surface area contributed by atoms with Gasteiger partial charge in [-0.25, -0.2) is 4.79 Å². The third-order valence-corrected chi connectivity index (χ3v) is 3.56. The van der Waals surface area contributed by atoms with Gasteiger partial charge in [-0.2, -0.15) is 0 Å². The van der Waals surface area contributed by atoms with Crippen LogP contribution in [0.5, 0.6) is 0 Å². The quantitative estimate of drug-likeness (QED) is 0.689. The largest absolute Gasteiger partial charge is 0.453 e. The van der Waals surface area contributed by atoms with Crippen LogP contribution in [0.1, 0.15) is 12.8 Å². The Bertz CT molecular complexity index is 363. The lowest BCUT2D eigenvalue weighted by Crippen LogP contribution is -2.54. The number of hydrogen-bond acceptors (Lipinski definition) is 4. The summed E-state index contributed by atoms with van der Waals surface area (Å²) in [5, 5.41) is 2.83. The van der Waals surface area contributed by atoms with Crippen LogP contribution in [0.15, 0.2) is 0 Å². The lowest BCUT2D eigenvalue weighted by atomic mass is 10.3. The van der Waals surface area contributed by atoms with Crippen LogP contribution in [0, 0.1) is 5.92 Å². The molecule has 0 aromatic carbocycles. The summed E-state index contributed by atoms with van der Waals surface area (Å²) in [6.07, 6.45) is 1.50. The second-order valence-electron chi connectivity index (χ2n) is 4.51. The zero-order chi connectivity index (χ0) is 13.1. The summed E-state index contributed by atoms with van der Waals surface area (Å²) >= 11 is 5.10. The first-order valence-electron chi connectivity index (χ1n) is 6.04. The molecule has 2 rings (SSSR count). The van der Waals surface area contributed by atoms with E-state index in [0.717, 1.165) is 12.8 Å². The van der Waals surface area contributed by atoms with E-state index in [1.165, 1.54) is 7.11 Å². The van der Waals surface area contributed by atoms with E-state index in [0.29, 0.717) is 31.3 Å². The molecule has 2 aliphatic rings. The summed E-state index contributed by atoms with van der Waals surface area (Å²) < 4.78 is 4.48. The first-order valence-corrected chi connectivity index (χ1v) is 6.45. The summed E-state index contributed by atoms with van der Waals surface area (Å²) in [4.78, 5) is 26.6. The fourth-order valence-electron chi connectivity index (χ4n) is 1.94. The Morgan fingerprint density at radius 1 is 1.17 bits per heavy atom. The monoisotopic (exact) mass is 271 g/mol. The molecule has 2 amide bonds. The Morgan fingerprint density at radius 2 is 1.72 bits per heavy atom. The van der Waals surface area contributed by atoms with E-state index >= 15 is 0 Å². The molecule has 18 heavy (non-hydrogen) atoms. The van der Waals surface area contributed by atoms with Gasteiger partial charge in [0.25, 0.3) is 0 Å². The van der Waals surface area contributed by atoms with Gasteiger partial charge in [-0.1, -0.05) is 0 Å². The molecule has 0 unspecified atom stereocenters. The van der Waals surface area contributed by atoms with Crippen molar-refractivity contribution in [2.75, 3.05) is 33.3 Å². The molecule has 0 spiro atoms. The molecule has 1 N–H and O–H groups in total. The molecule has 0 atom stereocenters. The molecule has 0 bridgehead atoms. The molecule has 7 heteroatoms. The first kappa shape index (κ1) is 13.1. The van der Waals surface area contributed by atoms with Gasteiger partial charge in [-0.15, -0.1) is 0 Å². The fourth-order valence-corrected chi connectivity index (χ4v) is 2.20. The number of alkyl carbamates (subject to hydrolysis) is 1. The predicted molar refractivity (Wildman–Crippen MR) is 69.0 cm³/mol. The summed E-state index contributed by atoms with van der Waals surface area (Å²) in [7, 11) is 1.30. The van der Waals surface area contributed by atoms with Crippen LogP contribution in [0.25, 0.3) is 0 Å². The zero-order valence-corrected chi connectivity index (χ0v) is 11.2. The third-order valence-electron chi connectivity index (χ3n) is 3.20. The van der Waals surface area contributed by atoms with Crippen LogP contribution in [-0.2, 0) is 9.53 Å². The second kappa shape index (κ2) is 5.51. The van der Waals surface area contributed by atoms with Gasteiger partial charge < -0.3 is 14.5 Å². The number of piperazine rings is 1. The standard InChI is InChI=1S/C11H17N3O3S/c1-17-11(16)12-10(18)14-6-4-13(5-7-14)9(15)8-2-3-8/h8H,2-7H2,1H3,(H,12,16,18). The highest BCUT2D eigenvalue weighted by molar-refractivity contribution is 7.80. The smallest absolute Gasteiger partial charge is 0.413 e. The average Bonchev–Trinajstić information content (AvgIpc) is 3.22. The second-order valence-corrected chi connectivity index (χ2v) is 4.90. The molecular formula is C11H17N3O3S. The normalized spacial score (nSPS) is 19.4. The van der Waals surface area contributed by atoms with Crippen molar-refractivity contribution >= 4 is 29.3 Å². The van der Waals surface area contributed by atoms with E-state index < -0.39 is 6.09 Å². The Balaban J connectivity index is 1.77. The van der Waals surface area contributed by atoms with E-state index in [1.807, 2.05) is 9.80 Å². The molecule has 0 radical (unpaired) electrons. The maximum atomic E-state index is 11.8. The average molecular weight is 271 g/mol. The van der Waals surface area contributed by atoms with E-state index in [9.17, 15) is 9.59 Å². The molecule has 1 saturated carbocycles. The Morgan fingerprint density at radius 3 is 2.22 bits per heavy atom. The van der Waals surface area contributed by atoms with Crippen molar-refractivity contribution in [3.05, 3.63) is 0 Å². The molecular weight excluding hydrogens is 254 g/mol. The van der Waals surface area contributed by atoms with Gasteiger partial charge in [-0.05, 0) is 25.1 Å². The number of ether oxygens (including phenoxy) is 1. The number of nitrogens with zero attached hydrogens (tertiary/aromatic N) is 2. The highest BCUT2D eigenvalue weighted by atomic mass is 32.1. The predicted octanol–water partition coefficient (Wildman–Crippen LogP) is 0.181. The van der Waals surface area contributed by atoms with Crippen molar-refractivity contribution in [1.82, 2.24) is 15.1 Å². The highest BCUT2D eigenvalue weighted by Gasteiger charge is 2.34. The van der Waals surface area contributed by atoms with Crippen molar-refractivity contribution in [2.24, 2.45) is 5.92 Å². The molecule has 2 fully saturated rings. The number of methoxy groups -OCH3 is 1. The SMILES string of the molecule is COC(=O)NC(=S)N1CCN(C(=O)C2CC2)CC1. The van der Waals surface area contributed by atoms with Gasteiger partial charge in [0.15, 0.2) is 5.11 Å². The molecule has 1 saturated heterocycles. The summed E-state index contributed by atoms with van der Waals surface area (Å²) in [6.45, 7) is 2.64. The van der Waals surface area contributed by atoms with Gasteiger partial charge in [-0.3, -0.25) is 10.1 Å². The van der Waals surface area contributed by atoms with Gasteiger partial charge in [0.1, 0.15) is 0 Å². The topological polar surface area (TPSA) is 61.9 Å². The van der Waals surface area contributed by atoms with Crippen LogP contribution in [0.2, 0.25) is 0 Å². The van der Waals surface area contributed by atoms with Crippen LogP contribution in [0.4, 0.5) is 4.79 Å². The molecule has 1 aliphatic carbocycles. The van der Waals surface area contributed by atoms with Crippen molar-refractivity contribution in [1.29, 1.82) is 0 Å². The number of thiocarbonyl (C=S) groups is 1. The molecule has 100 valence electrons. The fraction of sp³-hybridized carbons (Fsp3) is 0.727. The number of amides is 2. The molecule has 6 nitrogen and oxygen atoms in total. The van der Waals surface area contributed by atoms with E-state index in [4.69, 9.17) is 12.2 Å². The molecule has 0 aromatic rings. The van der Waals surface area contributed by atoms with Gasteiger partial charge in [0.2, 0.25) is 5.91 Å². The third kappa shape index (κ3) is 3.10. The number of nitrogens with one attached hydrogen (secondary N) is 1. The van der Waals surface area contributed by atoms with Gasteiger partial charge in [0, 0.05) is 32.1 Å². The first-order chi connectivity index (χ1) is 8.61. The van der Waals surface area contributed by atoms with Crippen LogP contribution in [-0.4, -0.2) is 60.2 Å². The van der Waals surface area contributed by atoms with E-state index in [1.54, 1.807) is 0 Å². The minimum absolute atomic E-state index is 0.261.